The fraction of sp³-hybridized carbons (Fsp3) is 0.0179. The normalized spacial score (nSPS) is 13.1. The first-order valence-electron chi connectivity index (χ1n) is 20.5. The maximum absolute atomic E-state index is 5.28. The molecule has 10 aromatic rings. The highest BCUT2D eigenvalue weighted by atomic mass is 15.2. The smallest absolute Gasteiger partial charge is 0.164 e. The molecule has 0 unspecified atom stereocenters. The summed E-state index contributed by atoms with van der Waals surface area (Å²) in [6, 6.07) is 78.2. The van der Waals surface area contributed by atoms with Gasteiger partial charge in [0.25, 0.3) is 0 Å². The summed E-state index contributed by atoms with van der Waals surface area (Å²) in [5.41, 5.74) is 15.5. The van der Waals surface area contributed by atoms with E-state index in [-0.39, 0.29) is 0 Å². The minimum absolute atomic E-state index is 0.584. The Kier molecular flexibility index (Phi) is 7.72. The van der Waals surface area contributed by atoms with E-state index in [4.69, 9.17) is 15.0 Å². The van der Waals surface area contributed by atoms with Crippen LogP contribution in [0.5, 0.6) is 0 Å². The third kappa shape index (κ3) is 5.01. The molecule has 1 aliphatic carbocycles. The number of nitrogens with zero attached hydrogens (tertiary/aromatic N) is 4. The molecule has 4 heteroatoms. The zero-order chi connectivity index (χ0) is 39.6. The molecule has 0 radical (unpaired) electrons. The molecule has 1 aromatic heterocycles. The third-order valence-electron chi connectivity index (χ3n) is 12.3. The Morgan fingerprint density at radius 3 is 1.48 bits per heavy atom. The molecular weight excluding hydrogens is 729 g/mol. The molecule has 0 N–H and O–H groups in total. The van der Waals surface area contributed by atoms with E-state index in [1.165, 1.54) is 44.8 Å². The van der Waals surface area contributed by atoms with Crippen molar-refractivity contribution in [1.29, 1.82) is 0 Å². The molecule has 1 spiro atoms. The summed E-state index contributed by atoms with van der Waals surface area (Å²) in [5.74, 6) is 1.91. The second kappa shape index (κ2) is 13.6. The van der Waals surface area contributed by atoms with Crippen LogP contribution in [-0.2, 0) is 5.41 Å². The van der Waals surface area contributed by atoms with Crippen LogP contribution in [0.15, 0.2) is 218 Å². The zero-order valence-corrected chi connectivity index (χ0v) is 32.6. The summed E-state index contributed by atoms with van der Waals surface area (Å²) >= 11 is 0. The summed E-state index contributed by atoms with van der Waals surface area (Å²) in [6.07, 6.45) is 0. The first kappa shape index (κ1) is 34.1. The quantitative estimate of drug-likeness (QED) is 0.175. The molecule has 1 aliphatic heterocycles. The maximum atomic E-state index is 5.28. The van der Waals surface area contributed by atoms with E-state index >= 15 is 0 Å². The van der Waals surface area contributed by atoms with Gasteiger partial charge in [-0.05, 0) is 80.0 Å². The Hall–Kier alpha value is -7.95. The Bertz CT molecular complexity index is 3160. The van der Waals surface area contributed by atoms with Gasteiger partial charge in [-0.15, -0.1) is 0 Å². The van der Waals surface area contributed by atoms with E-state index in [0.717, 1.165) is 44.3 Å². The number of hydrogen-bond acceptors (Lipinski definition) is 4. The van der Waals surface area contributed by atoms with Gasteiger partial charge in [0.15, 0.2) is 17.5 Å². The van der Waals surface area contributed by atoms with Crippen LogP contribution in [0.4, 0.5) is 17.1 Å². The number of para-hydroxylation sites is 3. The lowest BCUT2D eigenvalue weighted by atomic mass is 9.64. The standard InChI is InChI=1S/C56H36N4/c1-4-20-38(21-5-1)53-57-54(39-22-6-2-7-23-39)59-55(58-53)44-36-35-37-19-10-11-26-41(37)51(44)43-28-18-32-48-52(43)42-27-12-13-29-45(42)56(48)46-30-14-16-33-49(46)60(40-24-8-3-9-25-40)50-34-17-15-31-47(50)56/h1-36H. The summed E-state index contributed by atoms with van der Waals surface area (Å²) in [4.78, 5) is 18.0. The minimum Gasteiger partial charge on any atom is -0.310 e. The molecule has 0 atom stereocenters. The predicted molar refractivity (Wildman–Crippen MR) is 245 cm³/mol. The Balaban J connectivity index is 1.17. The average molecular weight is 765 g/mol. The summed E-state index contributed by atoms with van der Waals surface area (Å²) < 4.78 is 0. The number of fused-ring (bicyclic) bond motifs is 10. The number of anilines is 3. The third-order valence-corrected chi connectivity index (χ3v) is 12.3. The molecule has 0 bridgehead atoms. The molecule has 9 aromatic carbocycles. The summed E-state index contributed by atoms with van der Waals surface area (Å²) in [5, 5.41) is 2.30. The first-order valence-corrected chi connectivity index (χ1v) is 20.5. The lowest BCUT2D eigenvalue weighted by Crippen LogP contribution is -2.36. The van der Waals surface area contributed by atoms with Gasteiger partial charge in [-0.2, -0.15) is 0 Å². The van der Waals surface area contributed by atoms with Crippen LogP contribution >= 0.6 is 0 Å². The monoisotopic (exact) mass is 764 g/mol. The molecule has 0 saturated heterocycles. The van der Waals surface area contributed by atoms with Crippen LogP contribution in [-0.4, -0.2) is 15.0 Å². The molecular formula is C56H36N4. The van der Waals surface area contributed by atoms with Gasteiger partial charge < -0.3 is 4.90 Å². The van der Waals surface area contributed by atoms with E-state index in [9.17, 15) is 0 Å². The van der Waals surface area contributed by atoms with Crippen molar-refractivity contribution in [1.82, 2.24) is 15.0 Å². The van der Waals surface area contributed by atoms with Gasteiger partial charge in [-0.3, -0.25) is 0 Å². The maximum Gasteiger partial charge on any atom is 0.164 e. The highest BCUT2D eigenvalue weighted by Gasteiger charge is 2.52. The van der Waals surface area contributed by atoms with E-state index in [0.29, 0.717) is 17.5 Å². The van der Waals surface area contributed by atoms with Gasteiger partial charge in [-0.25, -0.2) is 15.0 Å². The van der Waals surface area contributed by atoms with E-state index in [1.54, 1.807) is 0 Å². The van der Waals surface area contributed by atoms with Crippen LogP contribution in [0.2, 0.25) is 0 Å². The lowest BCUT2D eigenvalue weighted by molar-refractivity contribution is 0.753. The van der Waals surface area contributed by atoms with Gasteiger partial charge in [0.2, 0.25) is 0 Å². The second-order valence-corrected chi connectivity index (χ2v) is 15.5. The number of aromatic nitrogens is 3. The average Bonchev–Trinajstić information content (AvgIpc) is 3.63. The summed E-state index contributed by atoms with van der Waals surface area (Å²) in [6.45, 7) is 0. The Morgan fingerprint density at radius 2 is 0.817 bits per heavy atom. The number of hydrogen-bond donors (Lipinski definition) is 0. The number of benzene rings is 9. The largest absolute Gasteiger partial charge is 0.310 e. The van der Waals surface area contributed by atoms with Crippen molar-refractivity contribution in [3.63, 3.8) is 0 Å². The fourth-order valence-corrected chi connectivity index (χ4v) is 9.90. The van der Waals surface area contributed by atoms with Gasteiger partial charge in [-0.1, -0.05) is 188 Å². The molecule has 2 heterocycles. The minimum atomic E-state index is -0.584. The van der Waals surface area contributed by atoms with Crippen molar-refractivity contribution in [3.05, 3.63) is 241 Å². The van der Waals surface area contributed by atoms with Gasteiger partial charge in [0.1, 0.15) is 0 Å². The van der Waals surface area contributed by atoms with Crippen molar-refractivity contribution in [2.75, 3.05) is 4.90 Å². The molecule has 2 aliphatic rings. The molecule has 280 valence electrons. The van der Waals surface area contributed by atoms with Gasteiger partial charge in [0, 0.05) is 27.9 Å². The molecule has 12 rings (SSSR count). The predicted octanol–water partition coefficient (Wildman–Crippen LogP) is 13.8. The highest BCUT2D eigenvalue weighted by Crippen LogP contribution is 2.64. The van der Waals surface area contributed by atoms with E-state index in [2.05, 4.69) is 187 Å². The molecule has 0 amide bonds. The van der Waals surface area contributed by atoms with Crippen molar-refractivity contribution < 1.29 is 0 Å². The van der Waals surface area contributed by atoms with Crippen LogP contribution in [0, 0.1) is 0 Å². The van der Waals surface area contributed by atoms with E-state index < -0.39 is 5.41 Å². The number of rotatable bonds is 5. The Morgan fingerprint density at radius 1 is 0.317 bits per heavy atom. The molecule has 0 saturated carbocycles. The fourth-order valence-electron chi connectivity index (χ4n) is 9.90. The lowest BCUT2D eigenvalue weighted by Gasteiger charge is -2.45. The van der Waals surface area contributed by atoms with Crippen LogP contribution < -0.4 is 4.90 Å². The zero-order valence-electron chi connectivity index (χ0n) is 32.6. The SMILES string of the molecule is c1ccc(-c2nc(-c3ccccc3)nc(-c3ccc4ccccc4c3-c3cccc4c3-c3ccccc3C43c4ccccc4N(c4ccccc4)c4ccccc43)n2)cc1. The van der Waals surface area contributed by atoms with Crippen molar-refractivity contribution in [3.8, 4) is 56.4 Å². The van der Waals surface area contributed by atoms with Gasteiger partial charge in [0.05, 0.1) is 16.8 Å². The highest BCUT2D eigenvalue weighted by molar-refractivity contribution is 6.09. The second-order valence-electron chi connectivity index (χ2n) is 15.5. The van der Waals surface area contributed by atoms with Crippen molar-refractivity contribution in [2.45, 2.75) is 5.41 Å². The van der Waals surface area contributed by atoms with Crippen molar-refractivity contribution in [2.24, 2.45) is 0 Å². The molecule has 60 heavy (non-hydrogen) atoms. The van der Waals surface area contributed by atoms with Gasteiger partial charge >= 0.3 is 0 Å². The Labute approximate surface area is 348 Å². The summed E-state index contributed by atoms with van der Waals surface area (Å²) in [7, 11) is 0. The topological polar surface area (TPSA) is 41.9 Å². The van der Waals surface area contributed by atoms with Crippen molar-refractivity contribution >= 4 is 27.8 Å². The first-order chi connectivity index (χ1) is 29.8. The molecule has 4 nitrogen and oxygen atoms in total. The van der Waals surface area contributed by atoms with Crippen LogP contribution in [0.1, 0.15) is 22.3 Å². The van der Waals surface area contributed by atoms with E-state index in [1.807, 2.05) is 36.4 Å². The van der Waals surface area contributed by atoms with Crippen LogP contribution in [0.25, 0.3) is 67.2 Å². The van der Waals surface area contributed by atoms with Crippen LogP contribution in [0.3, 0.4) is 0 Å². The molecule has 0 fully saturated rings.